The van der Waals surface area contributed by atoms with E-state index < -0.39 is 5.97 Å². The van der Waals surface area contributed by atoms with Crippen LogP contribution in [0.25, 0.3) is 0 Å². The number of nitrogens with zero attached hydrogens (tertiary/aromatic N) is 2. The van der Waals surface area contributed by atoms with Crippen LogP contribution in [0, 0.1) is 0 Å². The Morgan fingerprint density at radius 1 is 1.56 bits per heavy atom. The molecule has 2 rings (SSSR count). The zero-order chi connectivity index (χ0) is 13.5. The van der Waals surface area contributed by atoms with Crippen molar-refractivity contribution in [3.63, 3.8) is 0 Å². The molecule has 18 heavy (non-hydrogen) atoms. The Bertz CT molecular complexity index is 453. The second kappa shape index (κ2) is 7.52. The van der Waals surface area contributed by atoms with Crippen LogP contribution in [0.1, 0.15) is 6.92 Å². The Balaban J connectivity index is 0.000000357. The van der Waals surface area contributed by atoms with E-state index in [9.17, 15) is 4.79 Å². The van der Waals surface area contributed by atoms with Gasteiger partial charge in [0.05, 0.1) is 0 Å². The summed E-state index contributed by atoms with van der Waals surface area (Å²) in [6, 6.07) is 1.55. The van der Waals surface area contributed by atoms with Gasteiger partial charge in [0.2, 0.25) is 0 Å². The number of aromatic amines is 1. The van der Waals surface area contributed by atoms with Crippen molar-refractivity contribution in [1.82, 2.24) is 9.97 Å². The fourth-order valence-corrected chi connectivity index (χ4v) is 1.99. The van der Waals surface area contributed by atoms with Crippen LogP contribution in [0.15, 0.2) is 10.9 Å². The average molecular weight is 263 g/mol. The predicted octanol–water partition coefficient (Wildman–Crippen LogP) is -1.51. The van der Waals surface area contributed by atoms with Crippen LogP contribution in [0.2, 0.25) is 0 Å². The molecular weight excluding hydrogens is 249 g/mol. The number of anilines is 1. The summed E-state index contributed by atoms with van der Waals surface area (Å²) in [6.45, 7) is 4.14. The Labute approximate surface area is 122 Å². The number of aliphatic carboxylic acids is 1. The maximum atomic E-state index is 11.2. The summed E-state index contributed by atoms with van der Waals surface area (Å²) < 4.78 is 6.03. The minimum atomic E-state index is -0.833. The van der Waals surface area contributed by atoms with Gasteiger partial charge in [-0.2, -0.15) is 0 Å². The second-order valence-electron chi connectivity index (χ2n) is 3.81. The molecule has 1 fully saturated rings. The normalized spacial score (nSPS) is 14.7. The van der Waals surface area contributed by atoms with Crippen molar-refractivity contribution in [2.45, 2.75) is 6.92 Å². The van der Waals surface area contributed by atoms with Crippen LogP contribution >= 0.6 is 0 Å². The van der Waals surface area contributed by atoms with Crippen molar-refractivity contribution in [3.05, 3.63) is 16.4 Å². The van der Waals surface area contributed by atoms with Crippen LogP contribution < -0.4 is 13.5 Å². The number of hydrogen-bond acceptors (Lipinski definition) is 5. The SMILES string of the molecule is CC(=O)O.O=c1cc(N2CCOCC2)n[c]([Na])[nH]1. The first-order valence-corrected chi connectivity index (χ1v) is 6.59. The van der Waals surface area contributed by atoms with Crippen LogP contribution in [0.4, 0.5) is 5.82 Å². The topological polar surface area (TPSA) is 95.5 Å². The van der Waals surface area contributed by atoms with E-state index in [4.69, 9.17) is 14.6 Å². The van der Waals surface area contributed by atoms with Crippen molar-refractivity contribution in [2.75, 3.05) is 31.2 Å². The van der Waals surface area contributed by atoms with Crippen molar-refractivity contribution < 1.29 is 14.6 Å². The molecule has 1 aliphatic rings. The fourth-order valence-electron chi connectivity index (χ4n) is 1.52. The summed E-state index contributed by atoms with van der Waals surface area (Å²) in [5.41, 5.74) is -0.0634. The van der Waals surface area contributed by atoms with E-state index in [0.29, 0.717) is 13.2 Å². The van der Waals surface area contributed by atoms with Gasteiger partial charge < -0.3 is 5.11 Å². The van der Waals surface area contributed by atoms with Crippen molar-refractivity contribution in [2.24, 2.45) is 0 Å². The van der Waals surface area contributed by atoms with E-state index in [1.807, 2.05) is 0 Å². The molecule has 0 unspecified atom stereocenters. The molecule has 8 heteroatoms. The van der Waals surface area contributed by atoms with E-state index in [0.717, 1.165) is 56.8 Å². The number of ether oxygens (including phenoxy) is 1. The number of H-pyrrole nitrogens is 1. The van der Waals surface area contributed by atoms with Gasteiger partial charge in [0, 0.05) is 6.92 Å². The van der Waals surface area contributed by atoms with Crippen molar-refractivity contribution in [1.29, 1.82) is 0 Å². The zero-order valence-electron chi connectivity index (χ0n) is 10.5. The van der Waals surface area contributed by atoms with Crippen LogP contribution in [0.5, 0.6) is 0 Å². The number of rotatable bonds is 1. The van der Waals surface area contributed by atoms with Crippen molar-refractivity contribution >= 4 is 42.8 Å². The average Bonchev–Trinajstić information content (AvgIpc) is 2.28. The molecule has 1 saturated heterocycles. The fraction of sp³-hybridized carbons (Fsp3) is 0.500. The second-order valence-corrected chi connectivity index (χ2v) is 4.75. The number of carboxylic acids is 1. The molecule has 2 N–H and O–H groups in total. The molecule has 7 nitrogen and oxygen atoms in total. The van der Waals surface area contributed by atoms with E-state index in [-0.39, 0.29) is 5.56 Å². The Kier molecular flexibility index (Phi) is 6.34. The summed E-state index contributed by atoms with van der Waals surface area (Å²) in [4.78, 5) is 29.3. The standard InChI is InChI=1S/C8H10N3O2.C2H4O2.Na/c12-8-5-7(9-6-10-8)11-1-3-13-4-2-11;1-2(3)4;/h5H,1-4H2,(H,9,10,12);1H3,(H,3,4);. The Morgan fingerprint density at radius 3 is 2.61 bits per heavy atom. The van der Waals surface area contributed by atoms with E-state index in [1.165, 1.54) is 0 Å². The summed E-state index contributed by atoms with van der Waals surface area (Å²) in [6.07, 6.45) is 0. The molecule has 0 bridgehead atoms. The molecule has 0 saturated carbocycles. The van der Waals surface area contributed by atoms with E-state index in [2.05, 4.69) is 14.9 Å². The summed E-state index contributed by atoms with van der Waals surface area (Å²) in [5.74, 6) is -0.0537. The molecule has 94 valence electrons. The van der Waals surface area contributed by atoms with Crippen LogP contribution in [0.3, 0.4) is 0 Å². The number of morpholine rings is 1. The molecule has 1 aliphatic heterocycles. The van der Waals surface area contributed by atoms with Gasteiger partial charge in [-0.15, -0.1) is 0 Å². The number of nitrogens with one attached hydrogen (secondary N) is 1. The Morgan fingerprint density at radius 2 is 2.11 bits per heavy atom. The first kappa shape index (κ1) is 15.2. The molecule has 0 spiro atoms. The van der Waals surface area contributed by atoms with Gasteiger partial charge in [-0.25, -0.2) is 0 Å². The van der Waals surface area contributed by atoms with Crippen LogP contribution in [-0.4, -0.2) is 75.3 Å². The van der Waals surface area contributed by atoms with E-state index >= 15 is 0 Å². The molecule has 2 heterocycles. The number of hydrogen-bond donors (Lipinski definition) is 2. The minimum absolute atomic E-state index is 0.0634. The van der Waals surface area contributed by atoms with Gasteiger partial charge in [0.25, 0.3) is 5.97 Å². The van der Waals surface area contributed by atoms with Gasteiger partial charge in [-0.1, -0.05) is 0 Å². The molecular formula is C10H14N3NaO4. The van der Waals surface area contributed by atoms with Gasteiger partial charge in [-0.05, 0) is 0 Å². The first-order valence-electron chi connectivity index (χ1n) is 5.59. The Hall–Kier alpha value is -0.890. The van der Waals surface area contributed by atoms with Crippen molar-refractivity contribution in [3.8, 4) is 0 Å². The molecule has 1 aromatic rings. The summed E-state index contributed by atoms with van der Waals surface area (Å²) >= 11 is 0.767. The summed E-state index contributed by atoms with van der Waals surface area (Å²) in [5, 5.41) is 7.42. The maximum absolute atomic E-state index is 11.2. The number of carboxylic acid groups (broad SMARTS) is 1. The monoisotopic (exact) mass is 263 g/mol. The molecule has 0 atom stereocenters. The molecule has 0 radical (unpaired) electrons. The molecule has 0 amide bonds. The molecule has 0 aromatic carbocycles. The summed E-state index contributed by atoms with van der Waals surface area (Å²) in [7, 11) is 0. The van der Waals surface area contributed by atoms with Gasteiger partial charge in [-0.3, -0.25) is 4.79 Å². The van der Waals surface area contributed by atoms with Crippen LogP contribution in [-0.2, 0) is 9.53 Å². The zero-order valence-corrected chi connectivity index (χ0v) is 12.5. The molecule has 1 aromatic heterocycles. The third kappa shape index (κ3) is 5.63. The number of carbonyl (C=O) groups is 1. The van der Waals surface area contributed by atoms with Gasteiger partial charge >= 0.3 is 99.2 Å². The molecule has 0 aliphatic carbocycles. The van der Waals surface area contributed by atoms with Gasteiger partial charge in [0.15, 0.2) is 0 Å². The third-order valence-electron chi connectivity index (χ3n) is 2.18. The third-order valence-corrected chi connectivity index (χ3v) is 2.66. The predicted molar refractivity (Wildman–Crippen MR) is 66.6 cm³/mol. The number of aromatic nitrogens is 2. The van der Waals surface area contributed by atoms with E-state index in [1.54, 1.807) is 6.07 Å². The van der Waals surface area contributed by atoms with Gasteiger partial charge in [0.1, 0.15) is 0 Å². The first-order chi connectivity index (χ1) is 8.49. The quantitative estimate of drug-likeness (QED) is 0.598.